The van der Waals surface area contributed by atoms with Gasteiger partial charge < -0.3 is 16.0 Å². The Morgan fingerprint density at radius 1 is 1.62 bits per heavy atom. The SMILES string of the molecule is CC(C)NC(=O)CNC1CCNC1. The molecule has 0 bridgehead atoms. The molecule has 0 saturated carbocycles. The molecule has 0 aliphatic carbocycles. The first-order valence-corrected chi connectivity index (χ1v) is 4.92. The van der Waals surface area contributed by atoms with E-state index in [1.807, 2.05) is 13.8 Å². The molecule has 4 nitrogen and oxygen atoms in total. The van der Waals surface area contributed by atoms with Crippen LogP contribution in [0.2, 0.25) is 0 Å². The lowest BCUT2D eigenvalue weighted by molar-refractivity contribution is -0.120. The summed E-state index contributed by atoms with van der Waals surface area (Å²) in [5.41, 5.74) is 0. The average Bonchev–Trinajstić information content (AvgIpc) is 2.51. The van der Waals surface area contributed by atoms with Gasteiger partial charge in [-0.15, -0.1) is 0 Å². The largest absolute Gasteiger partial charge is 0.353 e. The van der Waals surface area contributed by atoms with Gasteiger partial charge in [-0.3, -0.25) is 4.79 Å². The minimum atomic E-state index is 0.0851. The molecule has 13 heavy (non-hydrogen) atoms. The first-order chi connectivity index (χ1) is 6.18. The highest BCUT2D eigenvalue weighted by molar-refractivity contribution is 5.78. The summed E-state index contributed by atoms with van der Waals surface area (Å²) in [6.07, 6.45) is 1.12. The first kappa shape index (κ1) is 10.5. The highest BCUT2D eigenvalue weighted by Crippen LogP contribution is 1.95. The number of nitrogens with one attached hydrogen (secondary N) is 3. The number of rotatable bonds is 4. The molecule has 1 unspecified atom stereocenters. The van der Waals surface area contributed by atoms with E-state index in [0.29, 0.717) is 12.6 Å². The second-order valence-electron chi connectivity index (χ2n) is 3.79. The summed E-state index contributed by atoms with van der Waals surface area (Å²) in [5.74, 6) is 0.0851. The third-order valence-corrected chi connectivity index (χ3v) is 2.06. The van der Waals surface area contributed by atoms with Gasteiger partial charge in [0.05, 0.1) is 6.54 Å². The van der Waals surface area contributed by atoms with E-state index in [1.54, 1.807) is 0 Å². The molecule has 1 saturated heterocycles. The molecule has 1 fully saturated rings. The van der Waals surface area contributed by atoms with Crippen molar-refractivity contribution in [3.8, 4) is 0 Å². The number of hydrogen-bond acceptors (Lipinski definition) is 3. The van der Waals surface area contributed by atoms with E-state index in [2.05, 4.69) is 16.0 Å². The predicted molar refractivity (Wildman–Crippen MR) is 52.6 cm³/mol. The fourth-order valence-electron chi connectivity index (χ4n) is 1.44. The van der Waals surface area contributed by atoms with Crippen LogP contribution in [0.4, 0.5) is 0 Å². The first-order valence-electron chi connectivity index (χ1n) is 4.92. The lowest BCUT2D eigenvalue weighted by Crippen LogP contribution is -2.42. The van der Waals surface area contributed by atoms with Gasteiger partial charge in [0.1, 0.15) is 0 Å². The van der Waals surface area contributed by atoms with Gasteiger partial charge in [0, 0.05) is 18.6 Å². The maximum Gasteiger partial charge on any atom is 0.234 e. The van der Waals surface area contributed by atoms with E-state index in [-0.39, 0.29) is 11.9 Å². The molecule has 1 heterocycles. The van der Waals surface area contributed by atoms with Gasteiger partial charge in [-0.2, -0.15) is 0 Å². The molecule has 1 aliphatic rings. The monoisotopic (exact) mass is 185 g/mol. The maximum atomic E-state index is 11.2. The van der Waals surface area contributed by atoms with Gasteiger partial charge in [-0.25, -0.2) is 0 Å². The Hall–Kier alpha value is -0.610. The van der Waals surface area contributed by atoms with E-state index < -0.39 is 0 Å². The third kappa shape index (κ3) is 4.24. The van der Waals surface area contributed by atoms with Crippen molar-refractivity contribution < 1.29 is 4.79 Å². The Bertz CT molecular complexity index is 164. The van der Waals surface area contributed by atoms with Crippen molar-refractivity contribution in [3.05, 3.63) is 0 Å². The van der Waals surface area contributed by atoms with Crippen LogP contribution in [0.5, 0.6) is 0 Å². The molecule has 3 N–H and O–H groups in total. The zero-order chi connectivity index (χ0) is 9.68. The Balaban J connectivity index is 2.07. The number of carbonyl (C=O) groups is 1. The number of hydrogen-bond donors (Lipinski definition) is 3. The Labute approximate surface area is 79.5 Å². The summed E-state index contributed by atoms with van der Waals surface area (Å²) in [4.78, 5) is 11.2. The predicted octanol–water partition coefficient (Wildman–Crippen LogP) is -0.537. The summed E-state index contributed by atoms with van der Waals surface area (Å²) in [7, 11) is 0. The fourth-order valence-corrected chi connectivity index (χ4v) is 1.44. The molecule has 0 aromatic rings. The quantitative estimate of drug-likeness (QED) is 0.551. The topological polar surface area (TPSA) is 53.2 Å². The number of amides is 1. The van der Waals surface area contributed by atoms with Gasteiger partial charge in [-0.05, 0) is 26.8 Å². The van der Waals surface area contributed by atoms with Crippen molar-refractivity contribution in [2.75, 3.05) is 19.6 Å². The van der Waals surface area contributed by atoms with Crippen molar-refractivity contribution in [1.29, 1.82) is 0 Å². The van der Waals surface area contributed by atoms with Crippen molar-refractivity contribution in [1.82, 2.24) is 16.0 Å². The van der Waals surface area contributed by atoms with Crippen molar-refractivity contribution in [2.24, 2.45) is 0 Å². The molecule has 0 aromatic heterocycles. The molecular formula is C9H19N3O. The molecule has 1 amide bonds. The number of carbonyl (C=O) groups excluding carboxylic acids is 1. The highest BCUT2D eigenvalue weighted by Gasteiger charge is 2.14. The second kappa shape index (κ2) is 5.19. The van der Waals surface area contributed by atoms with Gasteiger partial charge in [-0.1, -0.05) is 0 Å². The van der Waals surface area contributed by atoms with Crippen LogP contribution >= 0.6 is 0 Å². The van der Waals surface area contributed by atoms with Crippen LogP contribution < -0.4 is 16.0 Å². The minimum Gasteiger partial charge on any atom is -0.353 e. The minimum absolute atomic E-state index is 0.0851. The second-order valence-corrected chi connectivity index (χ2v) is 3.79. The molecule has 1 aliphatic heterocycles. The van der Waals surface area contributed by atoms with Gasteiger partial charge >= 0.3 is 0 Å². The maximum absolute atomic E-state index is 11.2. The Morgan fingerprint density at radius 3 is 2.92 bits per heavy atom. The van der Waals surface area contributed by atoms with Crippen molar-refractivity contribution in [2.45, 2.75) is 32.4 Å². The van der Waals surface area contributed by atoms with Gasteiger partial charge in [0.2, 0.25) is 5.91 Å². The molecule has 1 atom stereocenters. The molecule has 76 valence electrons. The Kier molecular flexibility index (Phi) is 4.18. The lowest BCUT2D eigenvalue weighted by atomic mass is 10.2. The van der Waals surface area contributed by atoms with Crippen LogP contribution in [0.1, 0.15) is 20.3 Å². The zero-order valence-electron chi connectivity index (χ0n) is 8.39. The van der Waals surface area contributed by atoms with E-state index in [4.69, 9.17) is 0 Å². The van der Waals surface area contributed by atoms with Crippen LogP contribution in [0, 0.1) is 0 Å². The van der Waals surface area contributed by atoms with E-state index in [9.17, 15) is 4.79 Å². The van der Waals surface area contributed by atoms with E-state index >= 15 is 0 Å². The summed E-state index contributed by atoms with van der Waals surface area (Å²) in [5, 5.41) is 9.30. The molecule has 0 spiro atoms. The van der Waals surface area contributed by atoms with Crippen molar-refractivity contribution in [3.63, 3.8) is 0 Å². The van der Waals surface area contributed by atoms with Crippen LogP contribution in [-0.4, -0.2) is 37.6 Å². The fraction of sp³-hybridized carbons (Fsp3) is 0.889. The van der Waals surface area contributed by atoms with Gasteiger partial charge in [0.15, 0.2) is 0 Å². The van der Waals surface area contributed by atoms with Gasteiger partial charge in [0.25, 0.3) is 0 Å². The lowest BCUT2D eigenvalue weighted by Gasteiger charge is -2.12. The average molecular weight is 185 g/mol. The highest BCUT2D eigenvalue weighted by atomic mass is 16.1. The van der Waals surface area contributed by atoms with E-state index in [1.165, 1.54) is 0 Å². The van der Waals surface area contributed by atoms with Crippen LogP contribution in [0.3, 0.4) is 0 Å². The molecule has 0 aromatic carbocycles. The van der Waals surface area contributed by atoms with E-state index in [0.717, 1.165) is 19.5 Å². The summed E-state index contributed by atoms with van der Waals surface area (Å²) in [6, 6.07) is 0.703. The molecular weight excluding hydrogens is 166 g/mol. The summed E-state index contributed by atoms with van der Waals surface area (Å²) < 4.78 is 0. The van der Waals surface area contributed by atoms with Crippen LogP contribution in [-0.2, 0) is 4.79 Å². The van der Waals surface area contributed by atoms with Crippen molar-refractivity contribution >= 4 is 5.91 Å². The standard InChI is InChI=1S/C9H19N3O/c1-7(2)12-9(13)6-11-8-3-4-10-5-8/h7-8,10-11H,3-6H2,1-2H3,(H,12,13). The Morgan fingerprint density at radius 2 is 2.38 bits per heavy atom. The molecule has 1 rings (SSSR count). The molecule has 0 radical (unpaired) electrons. The normalized spacial score (nSPS) is 22.2. The van der Waals surface area contributed by atoms with Crippen LogP contribution in [0.15, 0.2) is 0 Å². The summed E-state index contributed by atoms with van der Waals surface area (Å²) >= 11 is 0. The molecule has 4 heteroatoms. The zero-order valence-corrected chi connectivity index (χ0v) is 8.39. The van der Waals surface area contributed by atoms with Crippen LogP contribution in [0.25, 0.3) is 0 Å². The smallest absolute Gasteiger partial charge is 0.234 e. The third-order valence-electron chi connectivity index (χ3n) is 2.06. The summed E-state index contributed by atoms with van der Waals surface area (Å²) in [6.45, 7) is 6.41.